The van der Waals surface area contributed by atoms with Crippen molar-refractivity contribution in [1.82, 2.24) is 5.32 Å². The number of alkyl halides is 3. The van der Waals surface area contributed by atoms with E-state index in [0.717, 1.165) is 6.07 Å². The van der Waals surface area contributed by atoms with Gasteiger partial charge in [0.15, 0.2) is 0 Å². The number of nitrogens with two attached hydrogens (primary N) is 1. The predicted octanol–water partition coefficient (Wildman–Crippen LogP) is 2.98. The third-order valence-electron chi connectivity index (χ3n) is 4.05. The number of ether oxygens (including phenoxy) is 1. The Kier molecular flexibility index (Phi) is 6.42. The van der Waals surface area contributed by atoms with Crippen molar-refractivity contribution in [2.45, 2.75) is 32.5 Å². The standard InChI is InChI=1S/C18H22F3N3O2/c1-3-26-17(25)16(13-10-23-9-8-15(13)22)24-11(2)12-6-4-5-7-14(12)18(19,20)21/h4-7,11,23H,3,8-10,22H2,1-2H3. The quantitative estimate of drug-likeness (QED) is 0.618. The highest BCUT2D eigenvalue weighted by Gasteiger charge is 2.34. The van der Waals surface area contributed by atoms with Crippen LogP contribution in [0.3, 0.4) is 0 Å². The average molecular weight is 369 g/mol. The molecular formula is C18H22F3N3O2. The fourth-order valence-corrected chi connectivity index (χ4v) is 2.77. The molecule has 0 spiro atoms. The number of carbonyl (C=O) groups excluding carboxylic acids is 1. The number of rotatable bonds is 5. The zero-order chi connectivity index (χ0) is 19.3. The van der Waals surface area contributed by atoms with Crippen LogP contribution >= 0.6 is 0 Å². The summed E-state index contributed by atoms with van der Waals surface area (Å²) in [7, 11) is 0. The molecule has 8 heteroatoms. The smallest absolute Gasteiger partial charge is 0.416 e. The number of carbonyl (C=O) groups is 1. The lowest BCUT2D eigenvalue weighted by atomic mass is 9.99. The van der Waals surface area contributed by atoms with Crippen molar-refractivity contribution in [3.63, 3.8) is 0 Å². The van der Waals surface area contributed by atoms with Gasteiger partial charge in [0.25, 0.3) is 0 Å². The maximum atomic E-state index is 13.3. The Balaban J connectivity index is 2.49. The van der Waals surface area contributed by atoms with Crippen LogP contribution < -0.4 is 11.1 Å². The average Bonchev–Trinajstić information content (AvgIpc) is 2.59. The van der Waals surface area contributed by atoms with E-state index in [1.54, 1.807) is 6.92 Å². The zero-order valence-electron chi connectivity index (χ0n) is 14.7. The SMILES string of the molecule is CCOC(=O)C(=NC(C)c1ccccc1C(F)(F)F)C1=C(N)CCNC1. The van der Waals surface area contributed by atoms with Crippen molar-refractivity contribution >= 4 is 11.7 Å². The Hall–Kier alpha value is -2.35. The molecule has 0 bridgehead atoms. The number of aliphatic imine (C=N–C) groups is 1. The van der Waals surface area contributed by atoms with Crippen molar-refractivity contribution in [2.24, 2.45) is 10.7 Å². The van der Waals surface area contributed by atoms with Crippen LogP contribution in [-0.2, 0) is 15.7 Å². The largest absolute Gasteiger partial charge is 0.461 e. The van der Waals surface area contributed by atoms with Crippen molar-refractivity contribution in [2.75, 3.05) is 19.7 Å². The second-order valence-electron chi connectivity index (χ2n) is 5.89. The normalized spacial score (nSPS) is 17.2. The van der Waals surface area contributed by atoms with Gasteiger partial charge in [-0.15, -0.1) is 0 Å². The predicted molar refractivity (Wildman–Crippen MR) is 92.6 cm³/mol. The zero-order valence-corrected chi connectivity index (χ0v) is 14.7. The molecule has 1 aromatic carbocycles. The van der Waals surface area contributed by atoms with Gasteiger partial charge < -0.3 is 15.8 Å². The van der Waals surface area contributed by atoms with E-state index in [1.807, 2.05) is 0 Å². The molecular weight excluding hydrogens is 347 g/mol. The molecule has 0 radical (unpaired) electrons. The monoisotopic (exact) mass is 369 g/mol. The lowest BCUT2D eigenvalue weighted by Gasteiger charge is -2.21. The molecule has 1 heterocycles. The maximum absolute atomic E-state index is 13.3. The number of hydrogen-bond acceptors (Lipinski definition) is 5. The number of hydrogen-bond donors (Lipinski definition) is 2. The Labute approximate surface area is 150 Å². The van der Waals surface area contributed by atoms with Gasteiger partial charge in [-0.05, 0) is 31.9 Å². The summed E-state index contributed by atoms with van der Waals surface area (Å²) in [6, 6.07) is 4.30. The fourth-order valence-electron chi connectivity index (χ4n) is 2.77. The summed E-state index contributed by atoms with van der Waals surface area (Å²) in [5.41, 5.74) is 6.16. The first-order valence-electron chi connectivity index (χ1n) is 8.35. The highest BCUT2D eigenvalue weighted by Crippen LogP contribution is 2.35. The van der Waals surface area contributed by atoms with Crippen LogP contribution in [0.15, 0.2) is 40.5 Å². The van der Waals surface area contributed by atoms with Crippen LogP contribution in [0.2, 0.25) is 0 Å². The van der Waals surface area contributed by atoms with E-state index in [1.165, 1.54) is 25.1 Å². The van der Waals surface area contributed by atoms with Gasteiger partial charge in [-0.25, -0.2) is 4.79 Å². The number of halogens is 3. The van der Waals surface area contributed by atoms with Crippen LogP contribution in [-0.4, -0.2) is 31.4 Å². The molecule has 0 fully saturated rings. The van der Waals surface area contributed by atoms with E-state index in [9.17, 15) is 18.0 Å². The lowest BCUT2D eigenvalue weighted by molar-refractivity contribution is -0.138. The molecule has 1 unspecified atom stereocenters. The van der Waals surface area contributed by atoms with Gasteiger partial charge in [0, 0.05) is 24.4 Å². The Bertz CT molecular complexity index is 727. The molecule has 1 aromatic rings. The highest BCUT2D eigenvalue weighted by molar-refractivity contribution is 6.43. The van der Waals surface area contributed by atoms with Crippen molar-refractivity contribution in [3.05, 3.63) is 46.7 Å². The molecule has 0 saturated heterocycles. The second kappa shape index (κ2) is 8.35. The minimum absolute atomic E-state index is 0.00950. The Morgan fingerprint density at radius 1 is 1.38 bits per heavy atom. The maximum Gasteiger partial charge on any atom is 0.416 e. The van der Waals surface area contributed by atoms with Gasteiger partial charge in [-0.1, -0.05) is 18.2 Å². The van der Waals surface area contributed by atoms with Gasteiger partial charge in [-0.3, -0.25) is 4.99 Å². The molecule has 0 saturated carbocycles. The molecule has 1 aliphatic rings. The Morgan fingerprint density at radius 3 is 2.69 bits per heavy atom. The summed E-state index contributed by atoms with van der Waals surface area (Å²) in [5.74, 6) is -0.689. The third-order valence-corrected chi connectivity index (χ3v) is 4.05. The molecule has 3 N–H and O–H groups in total. The van der Waals surface area contributed by atoms with Gasteiger partial charge in [-0.2, -0.15) is 13.2 Å². The van der Waals surface area contributed by atoms with Gasteiger partial charge in [0.05, 0.1) is 18.2 Å². The Morgan fingerprint density at radius 2 is 2.08 bits per heavy atom. The fraction of sp³-hybridized carbons (Fsp3) is 0.444. The van der Waals surface area contributed by atoms with E-state index in [-0.39, 0.29) is 17.9 Å². The first-order valence-corrected chi connectivity index (χ1v) is 8.35. The van der Waals surface area contributed by atoms with Gasteiger partial charge in [0.1, 0.15) is 5.71 Å². The summed E-state index contributed by atoms with van der Waals surface area (Å²) < 4.78 is 44.8. The first kappa shape index (κ1) is 20.0. The summed E-state index contributed by atoms with van der Waals surface area (Å²) >= 11 is 0. The van der Waals surface area contributed by atoms with Crippen LogP contribution in [0, 0.1) is 0 Å². The lowest BCUT2D eigenvalue weighted by Crippen LogP contribution is -2.35. The van der Waals surface area contributed by atoms with Gasteiger partial charge in [0.2, 0.25) is 0 Å². The summed E-state index contributed by atoms with van der Waals surface area (Å²) in [5, 5.41) is 3.08. The van der Waals surface area contributed by atoms with E-state index < -0.39 is 23.8 Å². The minimum Gasteiger partial charge on any atom is -0.461 e. The summed E-state index contributed by atoms with van der Waals surface area (Å²) in [4.78, 5) is 16.6. The van der Waals surface area contributed by atoms with Crippen molar-refractivity contribution in [1.29, 1.82) is 0 Å². The minimum atomic E-state index is -4.50. The molecule has 0 amide bonds. The van der Waals surface area contributed by atoms with Crippen LogP contribution in [0.1, 0.15) is 37.4 Å². The van der Waals surface area contributed by atoms with E-state index in [0.29, 0.717) is 30.8 Å². The number of nitrogens with zero attached hydrogens (tertiary/aromatic N) is 1. The molecule has 1 atom stereocenters. The number of nitrogens with one attached hydrogen (secondary N) is 1. The molecule has 142 valence electrons. The van der Waals surface area contributed by atoms with Crippen LogP contribution in [0.25, 0.3) is 0 Å². The molecule has 2 rings (SSSR count). The third kappa shape index (κ3) is 4.63. The molecule has 5 nitrogen and oxygen atoms in total. The van der Waals surface area contributed by atoms with Crippen LogP contribution in [0.5, 0.6) is 0 Å². The number of esters is 1. The topological polar surface area (TPSA) is 76.7 Å². The molecule has 0 aromatic heterocycles. The highest BCUT2D eigenvalue weighted by atomic mass is 19.4. The number of benzene rings is 1. The van der Waals surface area contributed by atoms with E-state index in [2.05, 4.69) is 10.3 Å². The first-order chi connectivity index (χ1) is 12.3. The van der Waals surface area contributed by atoms with Crippen molar-refractivity contribution in [3.8, 4) is 0 Å². The second-order valence-corrected chi connectivity index (χ2v) is 5.89. The van der Waals surface area contributed by atoms with E-state index in [4.69, 9.17) is 10.5 Å². The summed E-state index contributed by atoms with van der Waals surface area (Å²) in [6.07, 6.45) is -3.98. The van der Waals surface area contributed by atoms with Gasteiger partial charge >= 0.3 is 12.1 Å². The summed E-state index contributed by atoms with van der Waals surface area (Å²) in [6.45, 7) is 4.27. The van der Waals surface area contributed by atoms with Crippen LogP contribution in [0.4, 0.5) is 13.2 Å². The van der Waals surface area contributed by atoms with Crippen molar-refractivity contribution < 1.29 is 22.7 Å². The molecule has 26 heavy (non-hydrogen) atoms. The molecule has 1 aliphatic heterocycles. The van der Waals surface area contributed by atoms with E-state index >= 15 is 0 Å². The molecule has 0 aliphatic carbocycles.